The van der Waals surface area contributed by atoms with E-state index in [4.69, 9.17) is 5.73 Å². The van der Waals surface area contributed by atoms with Crippen LogP contribution in [0.5, 0.6) is 0 Å². The first-order valence-corrected chi connectivity index (χ1v) is 6.29. The van der Waals surface area contributed by atoms with Crippen molar-refractivity contribution in [3.05, 3.63) is 35.4 Å². The molecule has 0 saturated carbocycles. The van der Waals surface area contributed by atoms with Gasteiger partial charge >= 0.3 is 0 Å². The minimum Gasteiger partial charge on any atom is -0.330 e. The van der Waals surface area contributed by atoms with Gasteiger partial charge in [0.15, 0.2) is 0 Å². The minimum atomic E-state index is 0.238. The zero-order chi connectivity index (χ0) is 12.2. The third-order valence-electron chi connectivity index (χ3n) is 3.17. The SMILES string of the molecule is CCCC(CN)c1ccc(C(C)(C)C)cc1. The second-order valence-electron chi connectivity index (χ2n) is 5.59. The lowest BCUT2D eigenvalue weighted by atomic mass is 9.85. The van der Waals surface area contributed by atoms with Crippen LogP contribution in [-0.2, 0) is 5.41 Å². The van der Waals surface area contributed by atoms with Gasteiger partial charge in [-0.15, -0.1) is 0 Å². The van der Waals surface area contributed by atoms with Crippen molar-refractivity contribution < 1.29 is 0 Å². The van der Waals surface area contributed by atoms with E-state index in [-0.39, 0.29) is 5.41 Å². The maximum atomic E-state index is 5.81. The quantitative estimate of drug-likeness (QED) is 0.818. The lowest BCUT2D eigenvalue weighted by Crippen LogP contribution is -2.14. The van der Waals surface area contributed by atoms with Crippen LogP contribution in [0.1, 0.15) is 57.6 Å². The predicted octanol–water partition coefficient (Wildman–Crippen LogP) is 3.83. The maximum absolute atomic E-state index is 5.81. The highest BCUT2D eigenvalue weighted by Crippen LogP contribution is 2.25. The summed E-state index contributed by atoms with van der Waals surface area (Å²) in [6, 6.07) is 8.98. The fraction of sp³-hybridized carbons (Fsp3) is 0.600. The molecule has 0 aliphatic rings. The standard InChI is InChI=1S/C15H25N/c1-5-6-13(11-16)12-7-9-14(10-8-12)15(2,3)4/h7-10,13H,5-6,11,16H2,1-4H3. The van der Waals surface area contributed by atoms with Gasteiger partial charge in [0.1, 0.15) is 0 Å². The molecule has 0 fully saturated rings. The summed E-state index contributed by atoms with van der Waals surface area (Å²) >= 11 is 0. The molecule has 0 heterocycles. The molecule has 1 nitrogen and oxygen atoms in total. The Kier molecular flexibility index (Phi) is 4.55. The molecule has 0 aromatic heterocycles. The Labute approximate surface area is 100 Å². The Hall–Kier alpha value is -0.820. The van der Waals surface area contributed by atoms with Crippen LogP contribution in [0.4, 0.5) is 0 Å². The van der Waals surface area contributed by atoms with Crippen LogP contribution < -0.4 is 5.73 Å². The van der Waals surface area contributed by atoms with Gasteiger partial charge in [0.2, 0.25) is 0 Å². The molecule has 0 bridgehead atoms. The molecular formula is C15H25N. The van der Waals surface area contributed by atoms with Gasteiger partial charge in [0, 0.05) is 0 Å². The van der Waals surface area contributed by atoms with E-state index in [1.165, 1.54) is 24.0 Å². The molecule has 2 N–H and O–H groups in total. The van der Waals surface area contributed by atoms with Crippen LogP contribution in [0.15, 0.2) is 24.3 Å². The molecule has 0 radical (unpaired) electrons. The second-order valence-corrected chi connectivity index (χ2v) is 5.59. The number of hydrogen-bond donors (Lipinski definition) is 1. The van der Waals surface area contributed by atoms with E-state index in [9.17, 15) is 0 Å². The van der Waals surface area contributed by atoms with Crippen LogP contribution in [0, 0.1) is 0 Å². The minimum absolute atomic E-state index is 0.238. The zero-order valence-corrected chi connectivity index (χ0v) is 11.1. The molecule has 0 aliphatic carbocycles. The van der Waals surface area contributed by atoms with E-state index in [0.29, 0.717) is 5.92 Å². The van der Waals surface area contributed by atoms with E-state index in [1.807, 2.05) is 0 Å². The first-order chi connectivity index (χ1) is 7.49. The highest BCUT2D eigenvalue weighted by Gasteiger charge is 2.14. The van der Waals surface area contributed by atoms with Crippen LogP contribution in [0.25, 0.3) is 0 Å². The van der Waals surface area contributed by atoms with E-state index >= 15 is 0 Å². The normalized spacial score (nSPS) is 13.8. The van der Waals surface area contributed by atoms with E-state index in [1.54, 1.807) is 0 Å². The molecule has 1 aromatic carbocycles. The van der Waals surface area contributed by atoms with Crippen molar-refractivity contribution in [1.29, 1.82) is 0 Å². The number of benzene rings is 1. The van der Waals surface area contributed by atoms with Crippen LogP contribution in [-0.4, -0.2) is 6.54 Å². The third kappa shape index (κ3) is 3.34. The molecule has 16 heavy (non-hydrogen) atoms. The average molecular weight is 219 g/mol. The van der Waals surface area contributed by atoms with Gasteiger partial charge in [-0.3, -0.25) is 0 Å². The van der Waals surface area contributed by atoms with Crippen LogP contribution in [0.3, 0.4) is 0 Å². The molecule has 1 heteroatoms. The Morgan fingerprint density at radius 3 is 2.06 bits per heavy atom. The summed E-state index contributed by atoms with van der Waals surface area (Å²) in [6.07, 6.45) is 2.38. The van der Waals surface area contributed by atoms with Gasteiger partial charge in [0.25, 0.3) is 0 Å². The lowest BCUT2D eigenvalue weighted by Gasteiger charge is -2.21. The van der Waals surface area contributed by atoms with Crippen molar-refractivity contribution in [3.8, 4) is 0 Å². The molecule has 1 rings (SSSR count). The number of hydrogen-bond acceptors (Lipinski definition) is 1. The summed E-state index contributed by atoms with van der Waals surface area (Å²) in [6.45, 7) is 9.70. The molecule has 1 unspecified atom stereocenters. The summed E-state index contributed by atoms with van der Waals surface area (Å²) in [5.41, 5.74) is 8.83. The van der Waals surface area contributed by atoms with Crippen molar-refractivity contribution in [2.45, 2.75) is 51.9 Å². The van der Waals surface area contributed by atoms with Crippen molar-refractivity contribution >= 4 is 0 Å². The van der Waals surface area contributed by atoms with Gasteiger partial charge in [-0.25, -0.2) is 0 Å². The van der Waals surface area contributed by atoms with Gasteiger partial charge in [-0.2, -0.15) is 0 Å². The predicted molar refractivity (Wildman–Crippen MR) is 71.8 cm³/mol. The highest BCUT2D eigenvalue weighted by molar-refractivity contribution is 5.29. The molecule has 0 amide bonds. The van der Waals surface area contributed by atoms with Crippen LogP contribution in [0.2, 0.25) is 0 Å². The average Bonchev–Trinajstić information content (AvgIpc) is 2.25. The Morgan fingerprint density at radius 1 is 1.12 bits per heavy atom. The molecule has 0 saturated heterocycles. The van der Waals surface area contributed by atoms with Gasteiger partial charge in [-0.05, 0) is 35.4 Å². The summed E-state index contributed by atoms with van der Waals surface area (Å²) in [4.78, 5) is 0. The van der Waals surface area contributed by atoms with Crippen molar-refractivity contribution in [3.63, 3.8) is 0 Å². The molecule has 90 valence electrons. The summed E-state index contributed by atoms with van der Waals surface area (Å²) in [7, 11) is 0. The van der Waals surface area contributed by atoms with Crippen molar-refractivity contribution in [2.24, 2.45) is 5.73 Å². The molecule has 1 atom stereocenters. The second kappa shape index (κ2) is 5.49. The molecule has 1 aromatic rings. The fourth-order valence-electron chi connectivity index (χ4n) is 2.02. The van der Waals surface area contributed by atoms with E-state index in [0.717, 1.165) is 6.54 Å². The monoisotopic (exact) mass is 219 g/mol. The third-order valence-corrected chi connectivity index (χ3v) is 3.17. The summed E-state index contributed by atoms with van der Waals surface area (Å²) in [5, 5.41) is 0. The van der Waals surface area contributed by atoms with Crippen LogP contribution >= 0.6 is 0 Å². The van der Waals surface area contributed by atoms with E-state index < -0.39 is 0 Å². The topological polar surface area (TPSA) is 26.0 Å². The Morgan fingerprint density at radius 2 is 1.69 bits per heavy atom. The zero-order valence-electron chi connectivity index (χ0n) is 11.1. The Bertz CT molecular complexity index is 305. The first kappa shape index (κ1) is 13.2. The maximum Gasteiger partial charge on any atom is -0.000824 e. The summed E-state index contributed by atoms with van der Waals surface area (Å²) < 4.78 is 0. The first-order valence-electron chi connectivity index (χ1n) is 6.29. The van der Waals surface area contributed by atoms with E-state index in [2.05, 4.69) is 52.0 Å². The Balaban J connectivity index is 2.85. The molecular weight excluding hydrogens is 194 g/mol. The van der Waals surface area contributed by atoms with Gasteiger partial charge in [-0.1, -0.05) is 58.4 Å². The smallest absolute Gasteiger partial charge is 0.000824 e. The number of rotatable bonds is 4. The van der Waals surface area contributed by atoms with Gasteiger partial charge in [0.05, 0.1) is 0 Å². The largest absolute Gasteiger partial charge is 0.330 e. The van der Waals surface area contributed by atoms with Crippen molar-refractivity contribution in [2.75, 3.05) is 6.54 Å². The molecule has 0 spiro atoms. The lowest BCUT2D eigenvalue weighted by molar-refractivity contribution is 0.587. The summed E-state index contributed by atoms with van der Waals surface area (Å²) in [5.74, 6) is 0.527. The van der Waals surface area contributed by atoms with Gasteiger partial charge < -0.3 is 5.73 Å². The molecule has 0 aliphatic heterocycles. The fourth-order valence-corrected chi connectivity index (χ4v) is 2.02. The highest BCUT2D eigenvalue weighted by atomic mass is 14.5. The number of nitrogens with two attached hydrogens (primary N) is 1. The van der Waals surface area contributed by atoms with Crippen molar-refractivity contribution in [1.82, 2.24) is 0 Å².